The van der Waals surface area contributed by atoms with Crippen molar-refractivity contribution in [3.8, 4) is 0 Å². The Kier molecular flexibility index (Phi) is 3.42. The van der Waals surface area contributed by atoms with Crippen LogP contribution < -0.4 is 10.6 Å². The van der Waals surface area contributed by atoms with Gasteiger partial charge in [-0.3, -0.25) is 4.79 Å². The van der Waals surface area contributed by atoms with Crippen molar-refractivity contribution < 1.29 is 4.79 Å². The molecule has 0 aliphatic rings. The lowest BCUT2D eigenvalue weighted by Gasteiger charge is -2.20. The molecule has 2 N–H and O–H groups in total. The molecule has 2 rings (SSSR count). The van der Waals surface area contributed by atoms with E-state index >= 15 is 0 Å². The third-order valence-electron chi connectivity index (χ3n) is 2.70. The molecule has 0 aliphatic carbocycles. The average molecular weight is 257 g/mol. The fourth-order valence-corrected chi connectivity index (χ4v) is 1.91. The molecule has 0 radical (unpaired) electrons. The molecule has 1 amide bonds. The summed E-state index contributed by atoms with van der Waals surface area (Å²) in [6.45, 7) is 5.85. The van der Waals surface area contributed by atoms with Crippen molar-refractivity contribution in [1.29, 1.82) is 0 Å². The topological polar surface area (TPSA) is 54.0 Å². The number of aromatic nitrogens is 1. The average Bonchev–Trinajstić information content (AvgIpc) is 2.35. The van der Waals surface area contributed by atoms with Gasteiger partial charge >= 0.3 is 0 Å². The fourth-order valence-electron chi connectivity index (χ4n) is 1.91. The van der Waals surface area contributed by atoms with Crippen LogP contribution in [0.25, 0.3) is 10.8 Å². The Bertz CT molecular complexity index is 614. The number of hydrogen-bond donors (Lipinski definition) is 2. The first-order chi connectivity index (χ1) is 8.90. The van der Waals surface area contributed by atoms with Gasteiger partial charge in [0, 0.05) is 18.0 Å². The first-order valence-electron chi connectivity index (χ1n) is 6.31. The summed E-state index contributed by atoms with van der Waals surface area (Å²) >= 11 is 0. The van der Waals surface area contributed by atoms with Crippen LogP contribution in [0.5, 0.6) is 0 Å². The number of hydrogen-bond acceptors (Lipinski definition) is 3. The minimum absolute atomic E-state index is 0.158. The molecule has 0 aliphatic heterocycles. The monoisotopic (exact) mass is 257 g/mol. The number of carbonyl (C=O) groups is 1. The van der Waals surface area contributed by atoms with E-state index in [0.29, 0.717) is 5.69 Å². The SMILES string of the molecule is CNc1nc(C(=O)NC(C)(C)C)cc2ccccc12. The minimum Gasteiger partial charge on any atom is -0.373 e. The van der Waals surface area contributed by atoms with E-state index < -0.39 is 0 Å². The molecule has 0 saturated heterocycles. The molecule has 1 aromatic heterocycles. The molecule has 0 atom stereocenters. The Morgan fingerprint density at radius 1 is 1.21 bits per heavy atom. The van der Waals surface area contributed by atoms with Gasteiger partial charge in [-0.25, -0.2) is 4.98 Å². The molecule has 0 saturated carbocycles. The number of fused-ring (bicyclic) bond motifs is 1. The quantitative estimate of drug-likeness (QED) is 0.869. The highest BCUT2D eigenvalue weighted by molar-refractivity contribution is 6.00. The number of nitrogens with one attached hydrogen (secondary N) is 2. The van der Waals surface area contributed by atoms with Crippen LogP contribution >= 0.6 is 0 Å². The summed E-state index contributed by atoms with van der Waals surface area (Å²) in [5, 5.41) is 7.97. The van der Waals surface area contributed by atoms with Gasteiger partial charge in [0.1, 0.15) is 11.5 Å². The van der Waals surface area contributed by atoms with Crippen molar-refractivity contribution in [1.82, 2.24) is 10.3 Å². The van der Waals surface area contributed by atoms with E-state index in [9.17, 15) is 4.79 Å². The van der Waals surface area contributed by atoms with E-state index in [0.717, 1.165) is 16.6 Å². The van der Waals surface area contributed by atoms with Crippen molar-refractivity contribution in [2.45, 2.75) is 26.3 Å². The number of nitrogens with zero attached hydrogens (tertiary/aromatic N) is 1. The highest BCUT2D eigenvalue weighted by atomic mass is 16.2. The van der Waals surface area contributed by atoms with E-state index in [2.05, 4.69) is 15.6 Å². The molecular weight excluding hydrogens is 238 g/mol. The Labute approximate surface area is 113 Å². The van der Waals surface area contributed by atoms with Gasteiger partial charge in [-0.2, -0.15) is 0 Å². The van der Waals surface area contributed by atoms with Crippen LogP contribution in [0.1, 0.15) is 31.3 Å². The second-order valence-electron chi connectivity index (χ2n) is 5.53. The molecule has 2 aromatic rings. The number of amides is 1. The minimum atomic E-state index is -0.274. The van der Waals surface area contributed by atoms with Gasteiger partial charge in [-0.05, 0) is 32.2 Å². The third-order valence-corrected chi connectivity index (χ3v) is 2.70. The number of rotatable bonds is 2. The Balaban J connectivity index is 2.47. The summed E-state index contributed by atoms with van der Waals surface area (Å²) < 4.78 is 0. The number of pyridine rings is 1. The van der Waals surface area contributed by atoms with Crippen molar-refractivity contribution in [3.63, 3.8) is 0 Å². The second kappa shape index (κ2) is 4.88. The molecule has 0 bridgehead atoms. The van der Waals surface area contributed by atoms with Crippen LogP contribution in [0.15, 0.2) is 30.3 Å². The first-order valence-corrected chi connectivity index (χ1v) is 6.31. The summed E-state index contributed by atoms with van der Waals surface area (Å²) in [6, 6.07) is 9.69. The van der Waals surface area contributed by atoms with Crippen molar-refractivity contribution in [3.05, 3.63) is 36.0 Å². The van der Waals surface area contributed by atoms with Crippen molar-refractivity contribution in [2.24, 2.45) is 0 Å². The predicted octanol–water partition coefficient (Wildman–Crippen LogP) is 2.80. The van der Waals surface area contributed by atoms with Gasteiger partial charge in [-0.1, -0.05) is 24.3 Å². The summed E-state index contributed by atoms with van der Waals surface area (Å²) in [5.74, 6) is 0.562. The van der Waals surface area contributed by atoms with Crippen LogP contribution in [0.3, 0.4) is 0 Å². The third kappa shape index (κ3) is 3.02. The Morgan fingerprint density at radius 2 is 1.89 bits per heavy atom. The van der Waals surface area contributed by atoms with E-state index in [-0.39, 0.29) is 11.4 Å². The van der Waals surface area contributed by atoms with Gasteiger partial charge in [0.15, 0.2) is 0 Å². The fraction of sp³-hybridized carbons (Fsp3) is 0.333. The lowest BCUT2D eigenvalue weighted by atomic mass is 10.1. The van der Waals surface area contributed by atoms with Gasteiger partial charge < -0.3 is 10.6 Å². The normalized spacial score (nSPS) is 11.4. The van der Waals surface area contributed by atoms with Crippen molar-refractivity contribution >= 4 is 22.5 Å². The number of benzene rings is 1. The van der Waals surface area contributed by atoms with Crippen LogP contribution in [0.2, 0.25) is 0 Å². The summed E-state index contributed by atoms with van der Waals surface area (Å²) in [5.41, 5.74) is 0.155. The molecular formula is C15H19N3O. The van der Waals surface area contributed by atoms with E-state index in [1.165, 1.54) is 0 Å². The zero-order chi connectivity index (χ0) is 14.0. The summed E-state index contributed by atoms with van der Waals surface area (Å²) in [7, 11) is 1.81. The Hall–Kier alpha value is -2.10. The molecule has 4 heteroatoms. The second-order valence-corrected chi connectivity index (χ2v) is 5.53. The van der Waals surface area contributed by atoms with Crippen LogP contribution in [-0.2, 0) is 0 Å². The van der Waals surface area contributed by atoms with Crippen LogP contribution in [0, 0.1) is 0 Å². The highest BCUT2D eigenvalue weighted by Gasteiger charge is 2.17. The molecule has 1 aromatic carbocycles. The molecule has 0 spiro atoms. The maximum atomic E-state index is 12.2. The zero-order valence-electron chi connectivity index (χ0n) is 11.7. The molecule has 19 heavy (non-hydrogen) atoms. The first kappa shape index (κ1) is 13.3. The highest BCUT2D eigenvalue weighted by Crippen LogP contribution is 2.22. The standard InChI is InChI=1S/C15H19N3O/c1-15(2,3)18-14(19)12-9-10-7-5-6-8-11(10)13(16-4)17-12/h5-9H,1-4H3,(H,16,17)(H,18,19). The lowest BCUT2D eigenvalue weighted by Crippen LogP contribution is -2.41. The molecule has 100 valence electrons. The van der Waals surface area contributed by atoms with Gasteiger partial charge in [0.25, 0.3) is 5.91 Å². The predicted molar refractivity (Wildman–Crippen MR) is 78.5 cm³/mol. The maximum absolute atomic E-state index is 12.2. The molecule has 4 nitrogen and oxygen atoms in total. The van der Waals surface area contributed by atoms with E-state index in [4.69, 9.17) is 0 Å². The number of anilines is 1. The molecule has 1 heterocycles. The van der Waals surface area contributed by atoms with Gasteiger partial charge in [0.2, 0.25) is 0 Å². The zero-order valence-corrected chi connectivity index (χ0v) is 11.7. The molecule has 0 unspecified atom stereocenters. The van der Waals surface area contributed by atoms with E-state index in [1.54, 1.807) is 7.05 Å². The smallest absolute Gasteiger partial charge is 0.270 e. The van der Waals surface area contributed by atoms with Gasteiger partial charge in [0.05, 0.1) is 0 Å². The van der Waals surface area contributed by atoms with Gasteiger partial charge in [-0.15, -0.1) is 0 Å². The van der Waals surface area contributed by atoms with Crippen LogP contribution in [-0.4, -0.2) is 23.5 Å². The van der Waals surface area contributed by atoms with Crippen molar-refractivity contribution in [2.75, 3.05) is 12.4 Å². The molecule has 0 fully saturated rings. The Morgan fingerprint density at radius 3 is 2.53 bits per heavy atom. The lowest BCUT2D eigenvalue weighted by molar-refractivity contribution is 0.0915. The summed E-state index contributed by atoms with van der Waals surface area (Å²) in [6.07, 6.45) is 0. The summed E-state index contributed by atoms with van der Waals surface area (Å²) in [4.78, 5) is 16.6. The largest absolute Gasteiger partial charge is 0.373 e. The number of carbonyl (C=O) groups excluding carboxylic acids is 1. The maximum Gasteiger partial charge on any atom is 0.270 e. The van der Waals surface area contributed by atoms with E-state index in [1.807, 2.05) is 51.1 Å². The van der Waals surface area contributed by atoms with Crippen LogP contribution in [0.4, 0.5) is 5.82 Å².